The third kappa shape index (κ3) is 1.96. The molecular formula is C15H19N3O2. The molecular weight excluding hydrogens is 254 g/mol. The fourth-order valence-corrected chi connectivity index (χ4v) is 3.37. The number of aryl methyl sites for hydroxylation is 1. The Kier molecular flexibility index (Phi) is 2.69. The highest BCUT2D eigenvalue weighted by atomic mass is 16.4. The molecule has 0 radical (unpaired) electrons. The summed E-state index contributed by atoms with van der Waals surface area (Å²) in [5.41, 5.74) is 2.50. The number of nitrogens with zero attached hydrogens (tertiary/aromatic N) is 3. The molecule has 1 saturated heterocycles. The van der Waals surface area contributed by atoms with Crippen LogP contribution in [0.15, 0.2) is 0 Å². The molecule has 106 valence electrons. The van der Waals surface area contributed by atoms with E-state index in [-0.39, 0.29) is 5.92 Å². The molecule has 1 aromatic rings. The van der Waals surface area contributed by atoms with Crippen molar-refractivity contribution in [1.82, 2.24) is 9.97 Å². The molecule has 0 unspecified atom stereocenters. The minimum Gasteiger partial charge on any atom is -0.481 e. The normalized spacial score (nSPS) is 25.0. The Morgan fingerprint density at radius 2 is 2.05 bits per heavy atom. The van der Waals surface area contributed by atoms with Gasteiger partial charge in [0.2, 0.25) is 0 Å². The highest BCUT2D eigenvalue weighted by Gasteiger charge is 2.34. The highest BCUT2D eigenvalue weighted by Crippen LogP contribution is 2.41. The first-order chi connectivity index (χ1) is 9.72. The smallest absolute Gasteiger partial charge is 0.308 e. The van der Waals surface area contributed by atoms with Crippen LogP contribution in [0.4, 0.5) is 5.82 Å². The number of fused-ring (bicyclic) bond motifs is 1. The molecule has 3 aliphatic rings. The van der Waals surface area contributed by atoms with Crippen LogP contribution in [0.5, 0.6) is 0 Å². The van der Waals surface area contributed by atoms with Crippen LogP contribution in [0, 0.1) is 5.92 Å². The number of carboxylic acid groups (broad SMARTS) is 1. The summed E-state index contributed by atoms with van der Waals surface area (Å²) in [7, 11) is 0. The molecule has 20 heavy (non-hydrogen) atoms. The Morgan fingerprint density at radius 1 is 1.20 bits per heavy atom. The second-order valence-electron chi connectivity index (χ2n) is 6.23. The van der Waals surface area contributed by atoms with Crippen LogP contribution in [0.1, 0.15) is 48.7 Å². The Labute approximate surface area is 118 Å². The Hall–Kier alpha value is -1.65. The topological polar surface area (TPSA) is 66.3 Å². The maximum absolute atomic E-state index is 11.1. The van der Waals surface area contributed by atoms with Gasteiger partial charge in [0.05, 0.1) is 5.92 Å². The van der Waals surface area contributed by atoms with Gasteiger partial charge in [-0.15, -0.1) is 0 Å². The molecule has 2 aliphatic carbocycles. The van der Waals surface area contributed by atoms with Gasteiger partial charge in [0.1, 0.15) is 11.6 Å². The van der Waals surface area contributed by atoms with Crippen molar-refractivity contribution in [2.45, 2.75) is 44.4 Å². The van der Waals surface area contributed by atoms with Gasteiger partial charge >= 0.3 is 5.97 Å². The second-order valence-corrected chi connectivity index (χ2v) is 6.23. The molecule has 5 heteroatoms. The molecule has 1 saturated carbocycles. The molecule has 0 bridgehead atoms. The van der Waals surface area contributed by atoms with Crippen LogP contribution >= 0.6 is 0 Å². The summed E-state index contributed by atoms with van der Waals surface area (Å²) < 4.78 is 0. The van der Waals surface area contributed by atoms with Crippen LogP contribution in [-0.2, 0) is 17.6 Å². The molecule has 0 spiro atoms. The summed E-state index contributed by atoms with van der Waals surface area (Å²) in [6.45, 7) is 1.41. The number of aromatic nitrogens is 2. The van der Waals surface area contributed by atoms with E-state index in [2.05, 4.69) is 4.90 Å². The first kappa shape index (κ1) is 12.1. The maximum Gasteiger partial charge on any atom is 0.308 e. The van der Waals surface area contributed by atoms with E-state index in [4.69, 9.17) is 15.1 Å². The van der Waals surface area contributed by atoms with E-state index in [0.29, 0.717) is 12.5 Å². The SMILES string of the molecule is O=C(O)[C@H]1CCN(c2nc(C3CC3)nc3c2CCC3)C1. The third-order valence-electron chi connectivity index (χ3n) is 4.71. The number of hydrogen-bond acceptors (Lipinski definition) is 4. The van der Waals surface area contributed by atoms with E-state index in [0.717, 1.165) is 43.9 Å². The van der Waals surface area contributed by atoms with Gasteiger partial charge in [0, 0.05) is 30.3 Å². The summed E-state index contributed by atoms with van der Waals surface area (Å²) >= 11 is 0. The van der Waals surface area contributed by atoms with Gasteiger partial charge in [-0.25, -0.2) is 9.97 Å². The second kappa shape index (κ2) is 4.43. The zero-order chi connectivity index (χ0) is 13.7. The van der Waals surface area contributed by atoms with Crippen molar-refractivity contribution < 1.29 is 9.90 Å². The predicted molar refractivity (Wildman–Crippen MR) is 74.0 cm³/mol. The van der Waals surface area contributed by atoms with E-state index in [1.165, 1.54) is 24.1 Å². The summed E-state index contributed by atoms with van der Waals surface area (Å²) in [5, 5.41) is 9.16. The van der Waals surface area contributed by atoms with Gasteiger partial charge < -0.3 is 10.0 Å². The summed E-state index contributed by atoms with van der Waals surface area (Å²) in [4.78, 5) is 22.9. The van der Waals surface area contributed by atoms with Crippen molar-refractivity contribution in [3.8, 4) is 0 Å². The summed E-state index contributed by atoms with van der Waals surface area (Å²) in [6, 6.07) is 0. The third-order valence-corrected chi connectivity index (χ3v) is 4.71. The van der Waals surface area contributed by atoms with Gasteiger partial charge in [-0.2, -0.15) is 0 Å². The lowest BCUT2D eigenvalue weighted by Crippen LogP contribution is -2.25. The Morgan fingerprint density at radius 3 is 2.75 bits per heavy atom. The minimum atomic E-state index is -0.680. The molecule has 2 heterocycles. The van der Waals surface area contributed by atoms with E-state index in [1.807, 2.05) is 0 Å². The molecule has 0 aromatic carbocycles. The highest BCUT2D eigenvalue weighted by molar-refractivity contribution is 5.72. The largest absolute Gasteiger partial charge is 0.481 e. The lowest BCUT2D eigenvalue weighted by atomic mass is 10.1. The molecule has 2 fully saturated rings. The van der Waals surface area contributed by atoms with Crippen LogP contribution in [0.3, 0.4) is 0 Å². The zero-order valence-electron chi connectivity index (χ0n) is 11.5. The average molecular weight is 273 g/mol. The summed E-state index contributed by atoms with van der Waals surface area (Å²) in [6.07, 6.45) is 6.39. The Bertz CT molecular complexity index is 568. The van der Waals surface area contributed by atoms with Gasteiger partial charge in [-0.3, -0.25) is 4.79 Å². The van der Waals surface area contributed by atoms with E-state index in [1.54, 1.807) is 0 Å². The number of carbonyl (C=O) groups is 1. The van der Waals surface area contributed by atoms with Crippen molar-refractivity contribution in [1.29, 1.82) is 0 Å². The van der Waals surface area contributed by atoms with E-state index >= 15 is 0 Å². The average Bonchev–Trinajstić information content (AvgIpc) is 2.99. The summed E-state index contributed by atoms with van der Waals surface area (Å²) in [5.74, 6) is 1.67. The standard InChI is InChI=1S/C15H19N3O2/c19-15(20)10-6-7-18(8-10)14-11-2-1-3-12(11)16-13(17-14)9-4-5-9/h9-10H,1-8H2,(H,19,20)/t10-/m0/s1. The number of rotatable bonds is 3. The molecule has 1 aliphatic heterocycles. The van der Waals surface area contributed by atoms with Crippen molar-refractivity contribution in [2.24, 2.45) is 5.92 Å². The van der Waals surface area contributed by atoms with Gasteiger partial charge in [-0.05, 0) is 38.5 Å². The lowest BCUT2D eigenvalue weighted by molar-refractivity contribution is -0.140. The number of aliphatic carboxylic acids is 1. The Balaban J connectivity index is 1.68. The van der Waals surface area contributed by atoms with Crippen LogP contribution in [0.25, 0.3) is 0 Å². The lowest BCUT2D eigenvalue weighted by Gasteiger charge is -2.21. The molecule has 0 amide bonds. The maximum atomic E-state index is 11.1. The van der Waals surface area contributed by atoms with E-state index in [9.17, 15) is 4.79 Å². The van der Waals surface area contributed by atoms with Crippen LogP contribution in [-0.4, -0.2) is 34.1 Å². The first-order valence-corrected chi connectivity index (χ1v) is 7.60. The predicted octanol–water partition coefficient (Wildman–Crippen LogP) is 1.75. The number of hydrogen-bond donors (Lipinski definition) is 1. The van der Waals surface area contributed by atoms with Gasteiger partial charge in [-0.1, -0.05) is 0 Å². The quantitative estimate of drug-likeness (QED) is 0.909. The molecule has 1 aromatic heterocycles. The zero-order valence-corrected chi connectivity index (χ0v) is 11.5. The fourth-order valence-electron chi connectivity index (χ4n) is 3.37. The van der Waals surface area contributed by atoms with Crippen molar-refractivity contribution in [2.75, 3.05) is 18.0 Å². The monoisotopic (exact) mass is 273 g/mol. The van der Waals surface area contributed by atoms with Gasteiger partial charge in [0.25, 0.3) is 0 Å². The molecule has 1 atom stereocenters. The molecule has 1 N–H and O–H groups in total. The molecule has 5 nitrogen and oxygen atoms in total. The molecule has 4 rings (SSSR count). The number of anilines is 1. The van der Waals surface area contributed by atoms with Crippen molar-refractivity contribution >= 4 is 11.8 Å². The van der Waals surface area contributed by atoms with Crippen molar-refractivity contribution in [3.05, 3.63) is 17.1 Å². The van der Waals surface area contributed by atoms with Crippen molar-refractivity contribution in [3.63, 3.8) is 0 Å². The van der Waals surface area contributed by atoms with Gasteiger partial charge in [0.15, 0.2) is 0 Å². The fraction of sp³-hybridized carbons (Fsp3) is 0.667. The number of carboxylic acids is 1. The van der Waals surface area contributed by atoms with Crippen LogP contribution in [0.2, 0.25) is 0 Å². The van der Waals surface area contributed by atoms with Crippen LogP contribution < -0.4 is 4.90 Å². The minimum absolute atomic E-state index is 0.244. The van der Waals surface area contributed by atoms with E-state index < -0.39 is 5.97 Å². The first-order valence-electron chi connectivity index (χ1n) is 7.60.